The van der Waals surface area contributed by atoms with Crippen molar-refractivity contribution in [2.45, 2.75) is 20.8 Å². The van der Waals surface area contributed by atoms with Gasteiger partial charge in [-0.05, 0) is 73.9 Å². The van der Waals surface area contributed by atoms with Gasteiger partial charge in [0.05, 0.1) is 20.6 Å². The van der Waals surface area contributed by atoms with Crippen LogP contribution in [0.25, 0.3) is 6.08 Å². The van der Waals surface area contributed by atoms with E-state index >= 15 is 0 Å². The molecule has 0 radical (unpaired) electrons. The van der Waals surface area contributed by atoms with E-state index < -0.39 is 0 Å². The fourth-order valence-electron chi connectivity index (χ4n) is 3.83. The zero-order chi connectivity index (χ0) is 26.0. The highest BCUT2D eigenvalue weighted by atomic mass is 35.5. The number of ether oxygens (including phenoxy) is 1. The number of halogens is 2. The summed E-state index contributed by atoms with van der Waals surface area (Å²) >= 11 is 18.7. The van der Waals surface area contributed by atoms with Crippen LogP contribution in [0.4, 0.5) is 11.4 Å². The van der Waals surface area contributed by atoms with Crippen molar-refractivity contribution in [1.82, 2.24) is 0 Å². The second-order valence-electron chi connectivity index (χ2n) is 8.30. The summed E-state index contributed by atoms with van der Waals surface area (Å²) in [6.07, 6.45) is 1.76. The Hall–Kier alpha value is -2.84. The van der Waals surface area contributed by atoms with Crippen LogP contribution in [0.3, 0.4) is 0 Å². The molecule has 1 saturated heterocycles. The minimum absolute atomic E-state index is 0.117. The van der Waals surface area contributed by atoms with E-state index in [1.807, 2.05) is 45.0 Å². The Kier molecular flexibility index (Phi) is 8.05. The summed E-state index contributed by atoms with van der Waals surface area (Å²) in [5, 5.41) is 3.67. The van der Waals surface area contributed by atoms with E-state index in [0.29, 0.717) is 30.7 Å². The van der Waals surface area contributed by atoms with Gasteiger partial charge in [0, 0.05) is 5.69 Å². The minimum atomic E-state index is -0.236. The molecule has 0 saturated carbocycles. The number of nitrogens with one attached hydrogen (secondary N) is 1. The molecule has 1 heterocycles. The van der Waals surface area contributed by atoms with Crippen LogP contribution in [-0.4, -0.2) is 22.7 Å². The maximum Gasteiger partial charge on any atom is 0.270 e. The Morgan fingerprint density at radius 3 is 2.33 bits per heavy atom. The molecule has 1 fully saturated rings. The fourth-order valence-corrected chi connectivity index (χ4v) is 5.42. The van der Waals surface area contributed by atoms with Crippen LogP contribution in [0.2, 0.25) is 10.0 Å². The zero-order valence-corrected chi connectivity index (χ0v) is 22.9. The molecular formula is C27H22Cl2N2O3S2. The number of amides is 2. The highest BCUT2D eigenvalue weighted by molar-refractivity contribution is 8.27. The van der Waals surface area contributed by atoms with Gasteiger partial charge < -0.3 is 10.1 Å². The molecule has 0 unspecified atom stereocenters. The van der Waals surface area contributed by atoms with Crippen molar-refractivity contribution in [1.29, 1.82) is 0 Å². The lowest BCUT2D eigenvalue weighted by atomic mass is 10.1. The van der Waals surface area contributed by atoms with Crippen molar-refractivity contribution in [3.63, 3.8) is 0 Å². The second-order valence-corrected chi connectivity index (χ2v) is 10.8. The first-order valence-corrected chi connectivity index (χ1v) is 12.9. The number of carbonyl (C=O) groups excluding carboxylic acids is 2. The van der Waals surface area contributed by atoms with Crippen LogP contribution >= 0.6 is 47.2 Å². The SMILES string of the molecule is Cc1cc(C)c(NC(=O)COc2ccc(/C=C3\SC(=S)N(c4ccc(Cl)c(Cl)c4)C3=O)cc2)c(C)c1. The van der Waals surface area contributed by atoms with Crippen molar-refractivity contribution in [2.75, 3.05) is 16.8 Å². The summed E-state index contributed by atoms with van der Waals surface area (Å²) in [6, 6.07) is 16.1. The van der Waals surface area contributed by atoms with Crippen molar-refractivity contribution < 1.29 is 14.3 Å². The van der Waals surface area contributed by atoms with Crippen molar-refractivity contribution in [2.24, 2.45) is 0 Å². The maximum absolute atomic E-state index is 13.0. The smallest absolute Gasteiger partial charge is 0.270 e. The summed E-state index contributed by atoms with van der Waals surface area (Å²) in [6.45, 7) is 5.84. The van der Waals surface area contributed by atoms with E-state index in [9.17, 15) is 9.59 Å². The zero-order valence-electron chi connectivity index (χ0n) is 19.7. The molecule has 1 N–H and O–H groups in total. The number of thiocarbonyl (C=S) groups is 1. The lowest BCUT2D eigenvalue weighted by molar-refractivity contribution is -0.118. The first-order chi connectivity index (χ1) is 17.1. The van der Waals surface area contributed by atoms with Crippen LogP contribution in [0.15, 0.2) is 59.5 Å². The van der Waals surface area contributed by atoms with Gasteiger partial charge in [-0.2, -0.15) is 0 Å². The molecule has 184 valence electrons. The van der Waals surface area contributed by atoms with Gasteiger partial charge in [0.15, 0.2) is 10.9 Å². The van der Waals surface area contributed by atoms with Crippen molar-refractivity contribution in [3.05, 3.63) is 91.8 Å². The summed E-state index contributed by atoms with van der Waals surface area (Å²) in [5.41, 5.74) is 5.34. The number of anilines is 2. The lowest BCUT2D eigenvalue weighted by Gasteiger charge is -2.15. The van der Waals surface area contributed by atoms with Gasteiger partial charge in [-0.15, -0.1) is 0 Å². The summed E-state index contributed by atoms with van der Waals surface area (Å²) in [4.78, 5) is 27.3. The van der Waals surface area contributed by atoms with Crippen molar-refractivity contribution >= 4 is 80.8 Å². The molecule has 0 aliphatic carbocycles. The first kappa shape index (κ1) is 26.2. The van der Waals surface area contributed by atoms with Gasteiger partial charge in [-0.1, -0.05) is 77.0 Å². The molecule has 2 amide bonds. The number of hydrogen-bond acceptors (Lipinski definition) is 5. The molecule has 5 nitrogen and oxygen atoms in total. The Bertz CT molecular complexity index is 1380. The van der Waals surface area contributed by atoms with Gasteiger partial charge in [-0.3, -0.25) is 14.5 Å². The number of carbonyl (C=O) groups is 2. The maximum atomic E-state index is 13.0. The number of hydrogen-bond donors (Lipinski definition) is 1. The molecule has 0 aromatic heterocycles. The van der Waals surface area contributed by atoms with Crippen LogP contribution in [0.5, 0.6) is 5.75 Å². The topological polar surface area (TPSA) is 58.6 Å². The number of nitrogens with zero attached hydrogens (tertiary/aromatic N) is 1. The molecule has 0 bridgehead atoms. The largest absolute Gasteiger partial charge is 0.484 e. The number of rotatable bonds is 6. The van der Waals surface area contributed by atoms with Crippen molar-refractivity contribution in [3.8, 4) is 5.75 Å². The normalized spacial score (nSPS) is 14.5. The summed E-state index contributed by atoms with van der Waals surface area (Å²) in [7, 11) is 0. The molecule has 1 aliphatic rings. The van der Waals surface area contributed by atoms with E-state index in [4.69, 9.17) is 40.2 Å². The second kappa shape index (κ2) is 11.0. The Morgan fingerprint density at radius 1 is 1.03 bits per heavy atom. The quantitative estimate of drug-likeness (QED) is 0.254. The van der Waals surface area contributed by atoms with Gasteiger partial charge in [-0.25, -0.2) is 0 Å². The standard InChI is InChI=1S/C27H22Cl2N2O3S2/c1-15-10-16(2)25(17(3)11-15)30-24(32)14-34-20-7-4-18(5-8-20)12-23-26(33)31(27(35)36-23)19-6-9-21(28)22(29)13-19/h4-13H,14H2,1-3H3,(H,30,32)/b23-12-. The predicted octanol–water partition coefficient (Wildman–Crippen LogP) is 7.34. The van der Waals surface area contributed by atoms with Crippen LogP contribution in [0.1, 0.15) is 22.3 Å². The molecular weight excluding hydrogens is 535 g/mol. The average molecular weight is 558 g/mol. The molecule has 3 aromatic carbocycles. The molecule has 1 aliphatic heterocycles. The van der Waals surface area contributed by atoms with E-state index in [0.717, 1.165) is 27.9 Å². The van der Waals surface area contributed by atoms with Crippen LogP contribution in [0, 0.1) is 20.8 Å². The van der Waals surface area contributed by atoms with Crippen LogP contribution < -0.4 is 15.0 Å². The Labute approximate surface area is 229 Å². The third-order valence-corrected chi connectivity index (χ3v) is 7.49. The van der Waals surface area contributed by atoms with E-state index in [2.05, 4.69) is 5.32 Å². The first-order valence-electron chi connectivity index (χ1n) is 11.0. The van der Waals surface area contributed by atoms with Gasteiger partial charge in [0.25, 0.3) is 11.8 Å². The monoisotopic (exact) mass is 556 g/mol. The van der Waals surface area contributed by atoms with E-state index in [1.54, 1.807) is 36.4 Å². The van der Waals surface area contributed by atoms with Gasteiger partial charge >= 0.3 is 0 Å². The lowest BCUT2D eigenvalue weighted by Crippen LogP contribution is -2.27. The Morgan fingerprint density at radius 2 is 1.69 bits per heavy atom. The van der Waals surface area contributed by atoms with E-state index in [1.165, 1.54) is 16.7 Å². The number of aryl methyl sites for hydroxylation is 3. The van der Waals surface area contributed by atoms with Gasteiger partial charge in [0.2, 0.25) is 0 Å². The predicted molar refractivity (Wildman–Crippen MR) is 153 cm³/mol. The third-order valence-electron chi connectivity index (χ3n) is 5.44. The molecule has 3 aromatic rings. The van der Waals surface area contributed by atoms with Gasteiger partial charge in [0.1, 0.15) is 5.75 Å². The summed E-state index contributed by atoms with van der Waals surface area (Å²) < 4.78 is 6.06. The molecule has 9 heteroatoms. The molecule has 4 rings (SSSR count). The van der Waals surface area contributed by atoms with E-state index in [-0.39, 0.29) is 18.4 Å². The highest BCUT2D eigenvalue weighted by Gasteiger charge is 2.33. The Balaban J connectivity index is 1.39. The average Bonchev–Trinajstić information content (AvgIpc) is 3.10. The number of benzene rings is 3. The third kappa shape index (κ3) is 5.93. The molecule has 0 spiro atoms. The molecule has 0 atom stereocenters. The summed E-state index contributed by atoms with van der Waals surface area (Å²) in [5.74, 6) is 0.0743. The van der Waals surface area contributed by atoms with Crippen LogP contribution in [-0.2, 0) is 9.59 Å². The fraction of sp³-hybridized carbons (Fsp3) is 0.148. The minimum Gasteiger partial charge on any atom is -0.484 e. The number of thioether (sulfide) groups is 1. The molecule has 36 heavy (non-hydrogen) atoms. The highest BCUT2D eigenvalue weighted by Crippen LogP contribution is 2.38.